The Morgan fingerprint density at radius 1 is 0.889 bits per heavy atom. The predicted molar refractivity (Wildman–Crippen MR) is 99.6 cm³/mol. The van der Waals surface area contributed by atoms with E-state index >= 15 is 0 Å². The van der Waals surface area contributed by atoms with Crippen molar-refractivity contribution < 1.29 is 28.6 Å². The van der Waals surface area contributed by atoms with Gasteiger partial charge in [0.2, 0.25) is 6.79 Å². The van der Waals surface area contributed by atoms with Crippen LogP contribution in [0.25, 0.3) is 0 Å². The van der Waals surface area contributed by atoms with Crippen molar-refractivity contribution in [3.8, 4) is 0 Å². The van der Waals surface area contributed by atoms with E-state index in [9.17, 15) is 14.4 Å². The number of amides is 1. The van der Waals surface area contributed by atoms with E-state index in [1.807, 2.05) is 30.3 Å². The molecule has 1 aromatic carbocycles. The van der Waals surface area contributed by atoms with Crippen LogP contribution in [-0.2, 0) is 30.4 Å². The monoisotopic (exact) mass is 379 g/mol. The van der Waals surface area contributed by atoms with Gasteiger partial charge in [-0.25, -0.2) is 4.79 Å². The summed E-state index contributed by atoms with van der Waals surface area (Å²) in [5.41, 5.74) is -0.529. The molecule has 0 radical (unpaired) electrons. The zero-order chi connectivity index (χ0) is 20.7. The number of esters is 2. The highest BCUT2D eigenvalue weighted by molar-refractivity contribution is 5.79. The average molecular weight is 379 g/mol. The number of hydrogen-bond acceptors (Lipinski definition) is 6. The molecule has 1 amide bonds. The van der Waals surface area contributed by atoms with Crippen molar-refractivity contribution in [3.63, 3.8) is 0 Å². The molecule has 0 aliphatic rings. The Hall–Kier alpha value is -2.57. The minimum atomic E-state index is -0.763. The first kappa shape index (κ1) is 22.5. The summed E-state index contributed by atoms with van der Waals surface area (Å²) in [6.07, 6.45) is -0.763. The van der Waals surface area contributed by atoms with E-state index in [0.29, 0.717) is 0 Å². The molecule has 0 heterocycles. The van der Waals surface area contributed by atoms with Crippen LogP contribution in [0.3, 0.4) is 0 Å². The van der Waals surface area contributed by atoms with E-state index < -0.39 is 35.8 Å². The summed E-state index contributed by atoms with van der Waals surface area (Å²) < 4.78 is 15.1. The summed E-state index contributed by atoms with van der Waals surface area (Å²) in [6.45, 7) is 9.71. The van der Waals surface area contributed by atoms with E-state index in [1.165, 1.54) is 4.90 Å². The van der Waals surface area contributed by atoms with Gasteiger partial charge in [0.05, 0.1) is 5.41 Å². The Balaban J connectivity index is 2.58. The molecule has 150 valence electrons. The Morgan fingerprint density at radius 2 is 1.48 bits per heavy atom. The number of ether oxygens (including phenoxy) is 3. The lowest BCUT2D eigenvalue weighted by Crippen LogP contribution is -2.49. The lowest BCUT2D eigenvalue weighted by Gasteiger charge is -2.33. The van der Waals surface area contributed by atoms with E-state index in [-0.39, 0.29) is 13.2 Å². The van der Waals surface area contributed by atoms with Crippen LogP contribution in [0.2, 0.25) is 0 Å². The molecule has 1 rings (SSSR count). The van der Waals surface area contributed by atoms with Crippen molar-refractivity contribution in [3.05, 3.63) is 35.9 Å². The molecule has 7 heteroatoms. The SMILES string of the molecule is CC(C)(C)C(=O)OCOC(=O)N(CC(=O)OCc1ccccc1)C(C)(C)C. The number of carbonyl (C=O) groups is 3. The van der Waals surface area contributed by atoms with E-state index in [4.69, 9.17) is 14.2 Å². The van der Waals surface area contributed by atoms with Crippen LogP contribution in [-0.4, -0.2) is 41.8 Å². The minimum Gasteiger partial charge on any atom is -0.459 e. The maximum absolute atomic E-state index is 12.3. The van der Waals surface area contributed by atoms with Gasteiger partial charge in [-0.05, 0) is 47.1 Å². The molecule has 0 fully saturated rings. The molecule has 0 aromatic heterocycles. The third-order valence-corrected chi connectivity index (χ3v) is 3.54. The molecule has 27 heavy (non-hydrogen) atoms. The third-order valence-electron chi connectivity index (χ3n) is 3.54. The summed E-state index contributed by atoms with van der Waals surface area (Å²) in [4.78, 5) is 37.4. The van der Waals surface area contributed by atoms with Gasteiger partial charge in [-0.2, -0.15) is 0 Å². The first-order chi connectivity index (χ1) is 12.4. The zero-order valence-electron chi connectivity index (χ0n) is 16.9. The normalized spacial score (nSPS) is 11.5. The summed E-state index contributed by atoms with van der Waals surface area (Å²) in [6, 6.07) is 9.25. The van der Waals surface area contributed by atoms with E-state index in [0.717, 1.165) is 5.56 Å². The van der Waals surface area contributed by atoms with Crippen LogP contribution < -0.4 is 0 Å². The molecule has 0 N–H and O–H groups in total. The summed E-state index contributed by atoms with van der Waals surface area (Å²) in [5, 5.41) is 0. The Morgan fingerprint density at radius 3 is 2.00 bits per heavy atom. The summed E-state index contributed by atoms with van der Waals surface area (Å²) >= 11 is 0. The van der Waals surface area contributed by atoms with Gasteiger partial charge in [-0.1, -0.05) is 30.3 Å². The molecular formula is C20H29NO6. The fourth-order valence-corrected chi connectivity index (χ4v) is 1.92. The van der Waals surface area contributed by atoms with Crippen LogP contribution in [0.1, 0.15) is 47.1 Å². The highest BCUT2D eigenvalue weighted by Crippen LogP contribution is 2.17. The Kier molecular flexibility index (Phi) is 7.82. The molecular weight excluding hydrogens is 350 g/mol. The van der Waals surface area contributed by atoms with Gasteiger partial charge >= 0.3 is 18.0 Å². The molecule has 0 aliphatic heterocycles. The fourth-order valence-electron chi connectivity index (χ4n) is 1.92. The molecule has 0 atom stereocenters. The molecule has 0 unspecified atom stereocenters. The van der Waals surface area contributed by atoms with E-state index in [2.05, 4.69) is 0 Å². The van der Waals surface area contributed by atoms with Crippen molar-refractivity contribution in [1.82, 2.24) is 4.90 Å². The fraction of sp³-hybridized carbons (Fsp3) is 0.550. The lowest BCUT2D eigenvalue weighted by atomic mass is 9.98. The maximum atomic E-state index is 12.3. The number of carbonyl (C=O) groups excluding carboxylic acids is 3. The van der Waals surface area contributed by atoms with Crippen molar-refractivity contribution >= 4 is 18.0 Å². The number of benzene rings is 1. The van der Waals surface area contributed by atoms with Crippen molar-refractivity contribution in [1.29, 1.82) is 0 Å². The van der Waals surface area contributed by atoms with Gasteiger partial charge in [0.15, 0.2) is 0 Å². The van der Waals surface area contributed by atoms with E-state index in [1.54, 1.807) is 41.5 Å². The van der Waals surface area contributed by atoms with Crippen molar-refractivity contribution in [2.24, 2.45) is 5.41 Å². The molecule has 0 saturated carbocycles. The highest BCUT2D eigenvalue weighted by atomic mass is 16.7. The lowest BCUT2D eigenvalue weighted by molar-refractivity contribution is -0.163. The molecule has 0 aliphatic carbocycles. The number of rotatable bonds is 6. The highest BCUT2D eigenvalue weighted by Gasteiger charge is 2.31. The van der Waals surface area contributed by atoms with Gasteiger partial charge in [0.1, 0.15) is 13.2 Å². The smallest absolute Gasteiger partial charge is 0.413 e. The zero-order valence-corrected chi connectivity index (χ0v) is 16.9. The first-order valence-electron chi connectivity index (χ1n) is 8.72. The quantitative estimate of drug-likeness (QED) is 0.556. The summed E-state index contributed by atoms with van der Waals surface area (Å²) in [5.74, 6) is -1.04. The van der Waals surface area contributed by atoms with Crippen LogP contribution in [0.15, 0.2) is 30.3 Å². The molecule has 0 spiro atoms. The largest absolute Gasteiger partial charge is 0.459 e. The van der Waals surface area contributed by atoms with Crippen LogP contribution in [0, 0.1) is 5.41 Å². The van der Waals surface area contributed by atoms with Crippen molar-refractivity contribution in [2.45, 2.75) is 53.7 Å². The van der Waals surface area contributed by atoms with Crippen LogP contribution >= 0.6 is 0 Å². The molecule has 0 bridgehead atoms. The second-order valence-electron chi connectivity index (χ2n) is 8.11. The Labute approximate surface area is 160 Å². The Bertz CT molecular complexity index is 643. The van der Waals surface area contributed by atoms with Crippen molar-refractivity contribution in [2.75, 3.05) is 13.3 Å². The van der Waals surface area contributed by atoms with Gasteiger partial charge in [0, 0.05) is 5.54 Å². The number of nitrogens with zero attached hydrogens (tertiary/aromatic N) is 1. The van der Waals surface area contributed by atoms with Gasteiger partial charge in [0.25, 0.3) is 0 Å². The summed E-state index contributed by atoms with van der Waals surface area (Å²) in [7, 11) is 0. The standard InChI is InChI=1S/C20H29NO6/c1-19(2,3)17(23)26-14-27-18(24)21(20(4,5)6)12-16(22)25-13-15-10-8-7-9-11-15/h7-11H,12-14H2,1-6H3. The minimum absolute atomic E-state index is 0.121. The number of hydrogen-bond donors (Lipinski definition) is 0. The van der Waals surface area contributed by atoms with Gasteiger partial charge in [-0.3, -0.25) is 14.5 Å². The first-order valence-corrected chi connectivity index (χ1v) is 8.72. The molecule has 7 nitrogen and oxygen atoms in total. The predicted octanol–water partition coefficient (Wildman–Crippen LogP) is 3.51. The van der Waals surface area contributed by atoms with Gasteiger partial charge < -0.3 is 14.2 Å². The van der Waals surface area contributed by atoms with Crippen LogP contribution in [0.5, 0.6) is 0 Å². The average Bonchev–Trinajstić information content (AvgIpc) is 2.56. The molecule has 0 saturated heterocycles. The maximum Gasteiger partial charge on any atom is 0.413 e. The second kappa shape index (κ2) is 9.39. The topological polar surface area (TPSA) is 82.1 Å². The van der Waals surface area contributed by atoms with Crippen LogP contribution in [0.4, 0.5) is 4.79 Å². The molecule has 1 aromatic rings. The third kappa shape index (κ3) is 8.11. The van der Waals surface area contributed by atoms with Gasteiger partial charge in [-0.15, -0.1) is 0 Å². The second-order valence-corrected chi connectivity index (χ2v) is 8.11.